The molecular formula is C33H32Cl3N3O5S. The lowest BCUT2D eigenvalue weighted by molar-refractivity contribution is -0.140. The molecule has 236 valence electrons. The molecule has 0 aliphatic carbocycles. The summed E-state index contributed by atoms with van der Waals surface area (Å²) in [6, 6.07) is 25.2. The summed E-state index contributed by atoms with van der Waals surface area (Å²) in [5.41, 5.74) is 1.65. The lowest BCUT2D eigenvalue weighted by Gasteiger charge is -2.34. The maximum atomic E-state index is 14.4. The van der Waals surface area contributed by atoms with Crippen molar-refractivity contribution in [1.29, 1.82) is 0 Å². The SMILES string of the molecule is CCNC(=O)C(Cc1ccccc1)N(Cc1ccc(Cl)c(Cl)c1)C(=O)CN(c1ccc(Cl)cc1)S(=O)(=O)c1ccc(OC)cc1. The number of likely N-dealkylation sites (N-methyl/N-ethyl adjacent to an activating group) is 1. The molecule has 0 heterocycles. The number of sulfonamides is 1. The summed E-state index contributed by atoms with van der Waals surface area (Å²) in [5, 5.41) is 3.84. The lowest BCUT2D eigenvalue weighted by Crippen LogP contribution is -2.53. The van der Waals surface area contributed by atoms with Gasteiger partial charge in [0.15, 0.2) is 0 Å². The minimum Gasteiger partial charge on any atom is -0.497 e. The molecule has 0 bridgehead atoms. The van der Waals surface area contributed by atoms with E-state index >= 15 is 0 Å². The highest BCUT2D eigenvalue weighted by atomic mass is 35.5. The first-order valence-corrected chi connectivity index (χ1v) is 16.6. The number of hydrogen-bond acceptors (Lipinski definition) is 5. The third-order valence-corrected chi connectivity index (χ3v) is 9.78. The van der Waals surface area contributed by atoms with Crippen molar-refractivity contribution in [2.45, 2.75) is 30.8 Å². The largest absolute Gasteiger partial charge is 0.497 e. The molecule has 0 saturated heterocycles. The van der Waals surface area contributed by atoms with Crippen LogP contribution in [0.2, 0.25) is 15.1 Å². The Morgan fingerprint density at radius 1 is 0.844 bits per heavy atom. The Balaban J connectivity index is 1.80. The molecule has 4 aromatic carbocycles. The van der Waals surface area contributed by atoms with Gasteiger partial charge in [-0.05, 0) is 78.7 Å². The van der Waals surface area contributed by atoms with E-state index in [1.807, 2.05) is 30.3 Å². The normalized spacial score (nSPS) is 11.8. The number of nitrogens with one attached hydrogen (secondary N) is 1. The molecule has 2 amide bonds. The Kier molecular flexibility index (Phi) is 11.7. The molecule has 4 rings (SSSR count). The average molecular weight is 689 g/mol. The standard InChI is InChI=1S/C33H32Cl3N3O5S/c1-3-37-33(41)31(20-23-7-5-4-6-8-23)38(21-24-9-18-29(35)30(36)19-24)32(40)22-39(26-12-10-25(34)11-13-26)45(42,43)28-16-14-27(44-2)15-17-28/h4-19,31H,3,20-22H2,1-2H3,(H,37,41). The topological polar surface area (TPSA) is 96.0 Å². The van der Waals surface area contributed by atoms with Crippen molar-refractivity contribution in [2.24, 2.45) is 0 Å². The highest BCUT2D eigenvalue weighted by Gasteiger charge is 2.34. The number of carbonyl (C=O) groups excluding carboxylic acids is 2. The zero-order chi connectivity index (χ0) is 32.6. The molecule has 0 saturated carbocycles. The van der Waals surface area contributed by atoms with Gasteiger partial charge in [0.25, 0.3) is 10.0 Å². The summed E-state index contributed by atoms with van der Waals surface area (Å²) >= 11 is 18.6. The van der Waals surface area contributed by atoms with E-state index in [9.17, 15) is 18.0 Å². The Morgan fingerprint density at radius 2 is 1.51 bits per heavy atom. The Hall–Kier alpha value is -3.76. The number of benzene rings is 4. The van der Waals surface area contributed by atoms with E-state index in [2.05, 4.69) is 5.32 Å². The summed E-state index contributed by atoms with van der Waals surface area (Å²) in [6.45, 7) is 1.47. The molecule has 1 N–H and O–H groups in total. The fourth-order valence-electron chi connectivity index (χ4n) is 4.69. The third-order valence-electron chi connectivity index (χ3n) is 7.00. The van der Waals surface area contributed by atoms with E-state index in [4.69, 9.17) is 39.5 Å². The fourth-order valence-corrected chi connectivity index (χ4v) is 6.55. The van der Waals surface area contributed by atoms with Crippen LogP contribution in [0.5, 0.6) is 5.75 Å². The van der Waals surface area contributed by atoms with Crippen LogP contribution in [0, 0.1) is 0 Å². The quantitative estimate of drug-likeness (QED) is 0.170. The van der Waals surface area contributed by atoms with E-state index in [-0.39, 0.29) is 34.5 Å². The van der Waals surface area contributed by atoms with Crippen LogP contribution in [0.25, 0.3) is 0 Å². The highest BCUT2D eigenvalue weighted by Crippen LogP contribution is 2.28. The van der Waals surface area contributed by atoms with Gasteiger partial charge in [-0.15, -0.1) is 0 Å². The van der Waals surface area contributed by atoms with E-state index in [0.29, 0.717) is 27.9 Å². The second-order valence-electron chi connectivity index (χ2n) is 10.0. The molecule has 4 aromatic rings. The summed E-state index contributed by atoms with van der Waals surface area (Å²) in [6.07, 6.45) is 0.186. The van der Waals surface area contributed by atoms with Gasteiger partial charge in [-0.25, -0.2) is 8.42 Å². The zero-order valence-corrected chi connectivity index (χ0v) is 27.7. The van der Waals surface area contributed by atoms with Crippen LogP contribution < -0.4 is 14.4 Å². The molecule has 0 aliphatic heterocycles. The molecule has 45 heavy (non-hydrogen) atoms. The van der Waals surface area contributed by atoms with Crippen LogP contribution in [-0.4, -0.2) is 51.4 Å². The van der Waals surface area contributed by atoms with Crippen molar-refractivity contribution in [3.05, 3.63) is 123 Å². The Morgan fingerprint density at radius 3 is 2.11 bits per heavy atom. The van der Waals surface area contributed by atoms with Crippen LogP contribution in [0.3, 0.4) is 0 Å². The predicted molar refractivity (Wildman–Crippen MR) is 179 cm³/mol. The number of nitrogens with zero attached hydrogens (tertiary/aromatic N) is 2. The number of ether oxygens (including phenoxy) is 1. The van der Waals surface area contributed by atoms with Gasteiger partial charge in [0.1, 0.15) is 18.3 Å². The smallest absolute Gasteiger partial charge is 0.264 e. The second-order valence-corrected chi connectivity index (χ2v) is 13.1. The number of carbonyl (C=O) groups is 2. The van der Waals surface area contributed by atoms with Crippen molar-refractivity contribution in [1.82, 2.24) is 10.2 Å². The molecule has 8 nitrogen and oxygen atoms in total. The first-order valence-electron chi connectivity index (χ1n) is 14.0. The molecule has 0 aliphatic rings. The minimum absolute atomic E-state index is 0.0403. The maximum absolute atomic E-state index is 14.4. The van der Waals surface area contributed by atoms with Gasteiger partial charge in [0.2, 0.25) is 11.8 Å². The van der Waals surface area contributed by atoms with Gasteiger partial charge in [0.05, 0.1) is 27.7 Å². The number of rotatable bonds is 13. The van der Waals surface area contributed by atoms with Crippen LogP contribution in [0.4, 0.5) is 5.69 Å². The summed E-state index contributed by atoms with van der Waals surface area (Å²) in [7, 11) is -2.80. The highest BCUT2D eigenvalue weighted by molar-refractivity contribution is 7.92. The Bertz CT molecular complexity index is 1720. The van der Waals surface area contributed by atoms with Crippen LogP contribution >= 0.6 is 34.8 Å². The van der Waals surface area contributed by atoms with Crippen molar-refractivity contribution < 1.29 is 22.7 Å². The molecule has 1 unspecified atom stereocenters. The van der Waals surface area contributed by atoms with Gasteiger partial charge in [0, 0.05) is 24.5 Å². The van der Waals surface area contributed by atoms with Crippen LogP contribution in [-0.2, 0) is 32.6 Å². The maximum Gasteiger partial charge on any atom is 0.264 e. The van der Waals surface area contributed by atoms with Gasteiger partial charge in [-0.3, -0.25) is 13.9 Å². The monoisotopic (exact) mass is 687 g/mol. The number of anilines is 1. The van der Waals surface area contributed by atoms with Crippen LogP contribution in [0.1, 0.15) is 18.1 Å². The van der Waals surface area contributed by atoms with Crippen molar-refractivity contribution in [3.8, 4) is 5.75 Å². The molecule has 0 radical (unpaired) electrons. The first kappa shape index (κ1) is 34.1. The van der Waals surface area contributed by atoms with Gasteiger partial charge < -0.3 is 15.0 Å². The minimum atomic E-state index is -4.27. The average Bonchev–Trinajstić information content (AvgIpc) is 3.04. The van der Waals surface area contributed by atoms with Gasteiger partial charge >= 0.3 is 0 Å². The molecule has 1 atom stereocenters. The zero-order valence-electron chi connectivity index (χ0n) is 24.6. The summed E-state index contributed by atoms with van der Waals surface area (Å²) < 4.78 is 34.4. The number of hydrogen-bond donors (Lipinski definition) is 1. The Labute approximate surface area is 278 Å². The summed E-state index contributed by atoms with van der Waals surface area (Å²) in [5.74, 6) is -0.521. The van der Waals surface area contributed by atoms with Gasteiger partial charge in [-0.2, -0.15) is 0 Å². The van der Waals surface area contributed by atoms with E-state index in [1.165, 1.54) is 60.5 Å². The number of amides is 2. The molecule has 12 heteroatoms. The lowest BCUT2D eigenvalue weighted by atomic mass is 10.0. The van der Waals surface area contributed by atoms with E-state index in [1.54, 1.807) is 25.1 Å². The van der Waals surface area contributed by atoms with Crippen molar-refractivity contribution in [3.63, 3.8) is 0 Å². The molecule has 0 fully saturated rings. The molecule has 0 aromatic heterocycles. The van der Waals surface area contributed by atoms with E-state index in [0.717, 1.165) is 9.87 Å². The van der Waals surface area contributed by atoms with Crippen molar-refractivity contribution >= 4 is 62.3 Å². The summed E-state index contributed by atoms with van der Waals surface area (Å²) in [4.78, 5) is 29.3. The molecule has 0 spiro atoms. The predicted octanol–water partition coefficient (Wildman–Crippen LogP) is 6.63. The van der Waals surface area contributed by atoms with Gasteiger partial charge in [-0.1, -0.05) is 71.2 Å². The third kappa shape index (κ3) is 8.70. The second kappa shape index (κ2) is 15.5. The number of methoxy groups -OCH3 is 1. The first-order chi connectivity index (χ1) is 21.5. The van der Waals surface area contributed by atoms with Crippen LogP contribution in [0.15, 0.2) is 102 Å². The fraction of sp³-hybridized carbons (Fsp3) is 0.212. The molecular weight excluding hydrogens is 657 g/mol. The number of halogens is 3. The van der Waals surface area contributed by atoms with Crippen molar-refractivity contribution in [2.75, 3.05) is 24.5 Å². The van der Waals surface area contributed by atoms with E-state index < -0.39 is 28.5 Å².